The molecule has 6 nitrogen and oxygen atoms in total. The zero-order valence-electron chi connectivity index (χ0n) is 13.9. The number of carbonyl (C=O) groups excluding carboxylic acids is 1. The molecule has 1 fully saturated rings. The van der Waals surface area contributed by atoms with Gasteiger partial charge in [0.25, 0.3) is 0 Å². The Morgan fingerprint density at radius 1 is 1.29 bits per heavy atom. The molecule has 0 unspecified atom stereocenters. The smallest absolute Gasteiger partial charge is 0.315 e. The maximum atomic E-state index is 12.4. The minimum Gasteiger partial charge on any atom is -0.331 e. The summed E-state index contributed by atoms with van der Waals surface area (Å²) in [4.78, 5) is 12.4. The van der Waals surface area contributed by atoms with Gasteiger partial charge >= 0.3 is 6.03 Å². The monoisotopic (exact) mass is 347 g/mol. The lowest BCUT2D eigenvalue weighted by Crippen LogP contribution is -2.43. The Morgan fingerprint density at radius 2 is 2.00 bits per heavy atom. The number of halogens is 1. The fraction of sp³-hybridized carbons (Fsp3) is 0.471. The molecule has 2 N–H and O–H groups in total. The van der Waals surface area contributed by atoms with Crippen molar-refractivity contribution < 1.29 is 4.79 Å². The summed E-state index contributed by atoms with van der Waals surface area (Å²) in [6.07, 6.45) is 5.10. The number of hydrogen-bond acceptors (Lipinski definition) is 3. The van der Waals surface area contributed by atoms with Crippen molar-refractivity contribution in [3.05, 3.63) is 47.0 Å². The van der Waals surface area contributed by atoms with Crippen LogP contribution in [-0.4, -0.2) is 20.8 Å². The van der Waals surface area contributed by atoms with E-state index in [9.17, 15) is 4.79 Å². The van der Waals surface area contributed by atoms with Gasteiger partial charge in [-0.2, -0.15) is 0 Å². The van der Waals surface area contributed by atoms with Crippen molar-refractivity contribution >= 4 is 17.6 Å². The lowest BCUT2D eigenvalue weighted by atomic mass is 9.77. The minimum atomic E-state index is -0.218. The summed E-state index contributed by atoms with van der Waals surface area (Å²) in [6.45, 7) is 1.89. The van der Waals surface area contributed by atoms with Crippen molar-refractivity contribution in [1.82, 2.24) is 25.4 Å². The summed E-state index contributed by atoms with van der Waals surface area (Å²) in [5.74, 6) is 1.19. The van der Waals surface area contributed by atoms with Crippen LogP contribution in [0.5, 0.6) is 0 Å². The van der Waals surface area contributed by atoms with E-state index in [0.717, 1.165) is 24.2 Å². The number of aromatic nitrogens is 3. The molecule has 1 aliphatic rings. The second-order valence-corrected chi connectivity index (χ2v) is 6.80. The van der Waals surface area contributed by atoms with Gasteiger partial charge in [-0.3, -0.25) is 0 Å². The first-order valence-electron chi connectivity index (χ1n) is 8.21. The highest BCUT2D eigenvalue weighted by Crippen LogP contribution is 2.38. The molecule has 0 aliphatic heterocycles. The standard InChI is InChI=1S/C17H22ClN5O/c1-11(16-22-19-10-23(16)2)20-17(24)21-15(12-4-3-5-12)13-6-8-14(18)9-7-13/h6-12,15H,3-5H2,1-2H3,(H2,20,21,24)/t11-,15+/m1/s1. The van der Waals surface area contributed by atoms with Gasteiger partial charge in [0.1, 0.15) is 6.33 Å². The van der Waals surface area contributed by atoms with E-state index >= 15 is 0 Å². The average molecular weight is 348 g/mol. The van der Waals surface area contributed by atoms with Crippen LogP contribution in [0.3, 0.4) is 0 Å². The Labute approximate surface area is 146 Å². The third-order valence-corrected chi connectivity index (χ3v) is 4.87. The number of carbonyl (C=O) groups is 1. The van der Waals surface area contributed by atoms with Crippen molar-refractivity contribution in [2.75, 3.05) is 0 Å². The molecule has 0 bridgehead atoms. The number of urea groups is 1. The average Bonchev–Trinajstić information content (AvgIpc) is 2.92. The van der Waals surface area contributed by atoms with Crippen LogP contribution in [0.1, 0.15) is 49.7 Å². The molecule has 0 spiro atoms. The molecule has 0 radical (unpaired) electrons. The zero-order chi connectivity index (χ0) is 17.1. The molecule has 2 amide bonds. The summed E-state index contributed by atoms with van der Waals surface area (Å²) >= 11 is 5.98. The fourth-order valence-corrected chi connectivity index (χ4v) is 3.17. The van der Waals surface area contributed by atoms with Crippen LogP contribution in [-0.2, 0) is 7.05 Å². The maximum absolute atomic E-state index is 12.4. The van der Waals surface area contributed by atoms with E-state index in [1.807, 2.05) is 38.2 Å². The molecule has 1 aromatic carbocycles. The maximum Gasteiger partial charge on any atom is 0.315 e. The third kappa shape index (κ3) is 3.70. The molecule has 1 aliphatic carbocycles. The van der Waals surface area contributed by atoms with E-state index < -0.39 is 0 Å². The van der Waals surface area contributed by atoms with E-state index in [4.69, 9.17) is 11.6 Å². The summed E-state index contributed by atoms with van der Waals surface area (Å²) in [5.41, 5.74) is 1.09. The van der Waals surface area contributed by atoms with Crippen LogP contribution in [0.4, 0.5) is 4.79 Å². The first-order valence-corrected chi connectivity index (χ1v) is 8.59. The van der Waals surface area contributed by atoms with Crippen molar-refractivity contribution in [3.8, 4) is 0 Å². The van der Waals surface area contributed by atoms with Gasteiger partial charge in [-0.25, -0.2) is 4.79 Å². The molecule has 2 atom stereocenters. The first kappa shape index (κ1) is 16.8. The quantitative estimate of drug-likeness (QED) is 0.871. The minimum absolute atomic E-state index is 0.00251. The zero-order valence-corrected chi connectivity index (χ0v) is 14.6. The second-order valence-electron chi connectivity index (χ2n) is 6.36. The van der Waals surface area contributed by atoms with E-state index in [0.29, 0.717) is 10.9 Å². The highest BCUT2D eigenvalue weighted by molar-refractivity contribution is 6.30. The highest BCUT2D eigenvalue weighted by Gasteiger charge is 2.30. The predicted octanol–water partition coefficient (Wildman–Crippen LogP) is 3.37. The van der Waals surface area contributed by atoms with E-state index in [-0.39, 0.29) is 18.1 Å². The van der Waals surface area contributed by atoms with Crippen molar-refractivity contribution in [3.63, 3.8) is 0 Å². The number of rotatable bonds is 5. The number of aryl methyl sites for hydroxylation is 1. The van der Waals surface area contributed by atoms with Crippen molar-refractivity contribution in [2.24, 2.45) is 13.0 Å². The van der Waals surface area contributed by atoms with Gasteiger partial charge in [0.2, 0.25) is 0 Å². The van der Waals surface area contributed by atoms with E-state index in [1.165, 1.54) is 6.42 Å². The summed E-state index contributed by atoms with van der Waals surface area (Å²) in [5, 5.41) is 14.6. The van der Waals surface area contributed by atoms with Crippen molar-refractivity contribution in [1.29, 1.82) is 0 Å². The topological polar surface area (TPSA) is 71.8 Å². The Kier molecular flexibility index (Phi) is 5.04. The highest BCUT2D eigenvalue weighted by atomic mass is 35.5. The van der Waals surface area contributed by atoms with Gasteiger partial charge < -0.3 is 15.2 Å². The Hall–Kier alpha value is -2.08. The lowest BCUT2D eigenvalue weighted by Gasteiger charge is -2.35. The molecular formula is C17H22ClN5O. The molecule has 0 saturated heterocycles. The van der Waals surface area contributed by atoms with Crippen LogP contribution < -0.4 is 10.6 Å². The molecule has 1 saturated carbocycles. The molecule has 1 heterocycles. The Morgan fingerprint density at radius 3 is 2.54 bits per heavy atom. The van der Waals surface area contributed by atoms with E-state index in [1.54, 1.807) is 10.9 Å². The van der Waals surface area contributed by atoms with Crippen LogP contribution in [0.2, 0.25) is 5.02 Å². The second kappa shape index (κ2) is 7.21. The van der Waals surface area contributed by atoms with Gasteiger partial charge in [0.05, 0.1) is 12.1 Å². The van der Waals surface area contributed by atoms with Gasteiger partial charge in [-0.1, -0.05) is 30.2 Å². The van der Waals surface area contributed by atoms with E-state index in [2.05, 4.69) is 20.8 Å². The molecule has 1 aromatic heterocycles. The largest absolute Gasteiger partial charge is 0.331 e. The molecule has 128 valence electrons. The van der Waals surface area contributed by atoms with Gasteiger partial charge in [0, 0.05) is 12.1 Å². The summed E-state index contributed by atoms with van der Waals surface area (Å²) in [6, 6.07) is 7.29. The number of hydrogen-bond donors (Lipinski definition) is 2. The van der Waals surface area contributed by atoms with Crippen LogP contribution in [0, 0.1) is 5.92 Å². The van der Waals surface area contributed by atoms with Crippen LogP contribution in [0.15, 0.2) is 30.6 Å². The number of benzene rings is 1. The summed E-state index contributed by atoms with van der Waals surface area (Å²) < 4.78 is 1.80. The molecular weight excluding hydrogens is 326 g/mol. The third-order valence-electron chi connectivity index (χ3n) is 4.62. The normalized spacial score (nSPS) is 17.0. The Balaban J connectivity index is 1.67. The predicted molar refractivity (Wildman–Crippen MR) is 92.6 cm³/mol. The molecule has 3 rings (SSSR count). The number of nitrogens with zero attached hydrogens (tertiary/aromatic N) is 3. The lowest BCUT2D eigenvalue weighted by molar-refractivity contribution is 0.205. The van der Waals surface area contributed by atoms with Gasteiger partial charge in [-0.15, -0.1) is 10.2 Å². The molecule has 2 aromatic rings. The van der Waals surface area contributed by atoms with Crippen LogP contribution >= 0.6 is 11.6 Å². The van der Waals surface area contributed by atoms with Gasteiger partial charge in [-0.05, 0) is 43.4 Å². The molecule has 24 heavy (non-hydrogen) atoms. The van der Waals surface area contributed by atoms with Crippen LogP contribution in [0.25, 0.3) is 0 Å². The summed E-state index contributed by atoms with van der Waals surface area (Å²) in [7, 11) is 1.86. The SMILES string of the molecule is C[C@@H](NC(=O)N[C@H](c1ccc(Cl)cc1)C1CCC1)c1nncn1C. The molecule has 7 heteroatoms. The number of amides is 2. The Bertz CT molecular complexity index is 695. The fourth-order valence-electron chi connectivity index (χ4n) is 3.04. The first-order chi connectivity index (χ1) is 11.5. The number of nitrogens with one attached hydrogen (secondary N) is 2. The van der Waals surface area contributed by atoms with Crippen molar-refractivity contribution in [2.45, 2.75) is 38.3 Å². The van der Waals surface area contributed by atoms with Gasteiger partial charge in [0.15, 0.2) is 5.82 Å².